The van der Waals surface area contributed by atoms with Gasteiger partial charge in [-0.1, -0.05) is 15.9 Å². The fraction of sp³-hybridized carbons (Fsp3) is 0.500. The SMILES string of the molecule is O=C1OCC(Br)=CC1C(F)(F)F. The summed E-state index contributed by atoms with van der Waals surface area (Å²) in [5, 5.41) is 0. The molecule has 1 aliphatic rings. The molecule has 0 aliphatic carbocycles. The molecule has 2 nitrogen and oxygen atoms in total. The van der Waals surface area contributed by atoms with Gasteiger partial charge < -0.3 is 4.74 Å². The Morgan fingerprint density at radius 2 is 2.17 bits per heavy atom. The Kier molecular flexibility index (Phi) is 2.46. The first-order chi connectivity index (χ1) is 5.41. The van der Waals surface area contributed by atoms with Gasteiger partial charge in [0, 0.05) is 4.48 Å². The topological polar surface area (TPSA) is 26.3 Å². The van der Waals surface area contributed by atoms with E-state index in [4.69, 9.17) is 0 Å². The molecule has 0 aromatic rings. The molecule has 0 spiro atoms. The van der Waals surface area contributed by atoms with Gasteiger partial charge in [-0.15, -0.1) is 0 Å². The predicted molar refractivity (Wildman–Crippen MR) is 37.5 cm³/mol. The van der Waals surface area contributed by atoms with Crippen LogP contribution in [0.2, 0.25) is 0 Å². The lowest BCUT2D eigenvalue weighted by Crippen LogP contribution is -2.33. The van der Waals surface area contributed by atoms with Crippen LogP contribution in [0.25, 0.3) is 0 Å². The van der Waals surface area contributed by atoms with Crippen molar-refractivity contribution in [3.8, 4) is 0 Å². The van der Waals surface area contributed by atoms with Gasteiger partial charge in [0.25, 0.3) is 0 Å². The first-order valence-electron chi connectivity index (χ1n) is 3.01. The molecule has 12 heavy (non-hydrogen) atoms. The summed E-state index contributed by atoms with van der Waals surface area (Å²) in [6.07, 6.45) is -3.75. The lowest BCUT2D eigenvalue weighted by Gasteiger charge is -2.20. The van der Waals surface area contributed by atoms with Crippen molar-refractivity contribution in [2.24, 2.45) is 5.92 Å². The van der Waals surface area contributed by atoms with Gasteiger partial charge in [0.05, 0.1) is 0 Å². The Hall–Kier alpha value is -0.520. The molecule has 0 saturated carbocycles. The summed E-state index contributed by atoms with van der Waals surface area (Å²) in [7, 11) is 0. The molecule has 0 fully saturated rings. The molecular weight excluding hydrogens is 241 g/mol. The minimum atomic E-state index is -4.56. The Labute approximate surface area is 74.5 Å². The highest BCUT2D eigenvalue weighted by Crippen LogP contribution is 2.32. The standard InChI is InChI=1S/C6H4BrF3O2/c7-3-1-4(6(8,9)10)5(11)12-2-3/h1,4H,2H2. The number of hydrogen-bond acceptors (Lipinski definition) is 2. The number of carbonyl (C=O) groups is 1. The van der Waals surface area contributed by atoms with Crippen LogP contribution in [-0.4, -0.2) is 18.8 Å². The first kappa shape index (κ1) is 9.57. The molecule has 1 unspecified atom stereocenters. The summed E-state index contributed by atoms with van der Waals surface area (Å²) in [4.78, 5) is 10.6. The van der Waals surface area contributed by atoms with E-state index >= 15 is 0 Å². The molecule has 0 aromatic heterocycles. The van der Waals surface area contributed by atoms with E-state index in [-0.39, 0.29) is 11.1 Å². The van der Waals surface area contributed by atoms with Crippen LogP contribution < -0.4 is 0 Å². The molecule has 68 valence electrons. The fourth-order valence-corrected chi connectivity index (χ4v) is 1.13. The third kappa shape index (κ3) is 2.00. The summed E-state index contributed by atoms with van der Waals surface area (Å²) < 4.78 is 40.5. The van der Waals surface area contributed by atoms with Crippen molar-refractivity contribution in [2.45, 2.75) is 6.18 Å². The van der Waals surface area contributed by atoms with Crippen molar-refractivity contribution in [3.63, 3.8) is 0 Å². The molecule has 0 bridgehead atoms. The summed E-state index contributed by atoms with van der Waals surface area (Å²) in [5.41, 5.74) is 0. The summed E-state index contributed by atoms with van der Waals surface area (Å²) in [6, 6.07) is 0. The van der Waals surface area contributed by atoms with E-state index < -0.39 is 18.1 Å². The lowest BCUT2D eigenvalue weighted by molar-refractivity contribution is -0.189. The number of rotatable bonds is 0. The molecule has 0 amide bonds. The number of cyclic esters (lactones) is 1. The molecular formula is C6H4BrF3O2. The molecule has 6 heteroatoms. The molecule has 1 rings (SSSR count). The van der Waals surface area contributed by atoms with E-state index in [0.29, 0.717) is 0 Å². The molecule has 1 aliphatic heterocycles. The normalized spacial score (nSPS) is 24.8. The van der Waals surface area contributed by atoms with Gasteiger partial charge in [-0.3, -0.25) is 4.79 Å². The Morgan fingerprint density at radius 1 is 1.58 bits per heavy atom. The van der Waals surface area contributed by atoms with E-state index in [9.17, 15) is 18.0 Å². The maximum Gasteiger partial charge on any atom is 0.405 e. The van der Waals surface area contributed by atoms with E-state index in [0.717, 1.165) is 6.08 Å². The van der Waals surface area contributed by atoms with Crippen molar-refractivity contribution < 1.29 is 22.7 Å². The second-order valence-electron chi connectivity index (χ2n) is 2.24. The number of halogens is 4. The van der Waals surface area contributed by atoms with Gasteiger partial charge in [0.2, 0.25) is 0 Å². The third-order valence-corrected chi connectivity index (χ3v) is 1.80. The van der Waals surface area contributed by atoms with Crippen LogP contribution in [0.4, 0.5) is 13.2 Å². The maximum absolute atomic E-state index is 12.0. The quantitative estimate of drug-likeness (QED) is 0.610. The smallest absolute Gasteiger partial charge is 0.405 e. The second kappa shape index (κ2) is 3.08. The highest BCUT2D eigenvalue weighted by Gasteiger charge is 2.46. The van der Waals surface area contributed by atoms with Gasteiger partial charge in [-0.05, 0) is 6.08 Å². The van der Waals surface area contributed by atoms with Crippen LogP contribution in [0.5, 0.6) is 0 Å². The molecule has 0 N–H and O–H groups in total. The highest BCUT2D eigenvalue weighted by molar-refractivity contribution is 9.11. The van der Waals surface area contributed by atoms with Gasteiger partial charge in [-0.2, -0.15) is 13.2 Å². The number of alkyl halides is 3. The zero-order valence-electron chi connectivity index (χ0n) is 5.69. The minimum Gasteiger partial charge on any atom is -0.460 e. The monoisotopic (exact) mass is 244 g/mol. The number of ether oxygens (including phenoxy) is 1. The Morgan fingerprint density at radius 3 is 2.58 bits per heavy atom. The lowest BCUT2D eigenvalue weighted by atomic mass is 10.1. The van der Waals surface area contributed by atoms with Crippen LogP contribution >= 0.6 is 15.9 Å². The first-order valence-corrected chi connectivity index (χ1v) is 3.80. The van der Waals surface area contributed by atoms with Crippen molar-refractivity contribution in [1.29, 1.82) is 0 Å². The average Bonchev–Trinajstić information content (AvgIpc) is 1.92. The number of hydrogen-bond donors (Lipinski definition) is 0. The van der Waals surface area contributed by atoms with Crippen LogP contribution in [0.1, 0.15) is 0 Å². The van der Waals surface area contributed by atoms with E-state index in [1.54, 1.807) is 0 Å². The van der Waals surface area contributed by atoms with Crippen LogP contribution in [-0.2, 0) is 9.53 Å². The molecule has 0 saturated heterocycles. The van der Waals surface area contributed by atoms with Crippen LogP contribution in [0, 0.1) is 5.92 Å². The number of carbonyl (C=O) groups excluding carboxylic acids is 1. The second-order valence-corrected chi connectivity index (χ2v) is 3.26. The number of esters is 1. The fourth-order valence-electron chi connectivity index (χ4n) is 0.755. The Bertz CT molecular complexity index is 233. The summed E-state index contributed by atoms with van der Waals surface area (Å²) in [6.45, 7) is -0.120. The molecule has 1 atom stereocenters. The van der Waals surface area contributed by atoms with Crippen molar-refractivity contribution in [3.05, 3.63) is 10.6 Å². The van der Waals surface area contributed by atoms with Crippen LogP contribution in [0.15, 0.2) is 10.6 Å². The van der Waals surface area contributed by atoms with Crippen molar-refractivity contribution in [1.82, 2.24) is 0 Å². The van der Waals surface area contributed by atoms with Gasteiger partial charge in [0.15, 0.2) is 5.92 Å². The zero-order valence-corrected chi connectivity index (χ0v) is 7.28. The van der Waals surface area contributed by atoms with E-state index in [1.807, 2.05) is 0 Å². The summed E-state index contributed by atoms with van der Waals surface area (Å²) in [5.74, 6) is -3.37. The zero-order chi connectivity index (χ0) is 9.35. The average molecular weight is 245 g/mol. The third-order valence-electron chi connectivity index (χ3n) is 1.31. The van der Waals surface area contributed by atoms with Gasteiger partial charge >= 0.3 is 12.1 Å². The van der Waals surface area contributed by atoms with Gasteiger partial charge in [-0.25, -0.2) is 0 Å². The largest absolute Gasteiger partial charge is 0.460 e. The molecule has 1 heterocycles. The predicted octanol–water partition coefficient (Wildman–Crippen LogP) is 2.00. The van der Waals surface area contributed by atoms with Crippen molar-refractivity contribution >= 4 is 21.9 Å². The highest BCUT2D eigenvalue weighted by atomic mass is 79.9. The molecule has 0 radical (unpaired) electrons. The summed E-state index contributed by atoms with van der Waals surface area (Å²) >= 11 is 2.83. The minimum absolute atomic E-state index is 0.120. The van der Waals surface area contributed by atoms with Crippen molar-refractivity contribution in [2.75, 3.05) is 6.61 Å². The van der Waals surface area contributed by atoms with Gasteiger partial charge in [0.1, 0.15) is 6.61 Å². The Balaban J connectivity index is 2.87. The van der Waals surface area contributed by atoms with E-state index in [2.05, 4.69) is 20.7 Å². The van der Waals surface area contributed by atoms with E-state index in [1.165, 1.54) is 0 Å². The maximum atomic E-state index is 12.0. The molecule has 0 aromatic carbocycles. The van der Waals surface area contributed by atoms with Crippen LogP contribution in [0.3, 0.4) is 0 Å².